The van der Waals surface area contributed by atoms with Crippen LogP contribution >= 0.6 is 11.6 Å². The van der Waals surface area contributed by atoms with Gasteiger partial charge < -0.3 is 10.5 Å². The standard InChI is InChI=1S/C15H14ClF2NO/c16-13-8-12(17)5-4-11(13)9-20-15-10(6-7-19)2-1-3-14(15)18/h1-5,8H,6-7,9,19H2. The van der Waals surface area contributed by atoms with Gasteiger partial charge in [-0.2, -0.15) is 0 Å². The van der Waals surface area contributed by atoms with Gasteiger partial charge in [0.05, 0.1) is 5.02 Å². The van der Waals surface area contributed by atoms with E-state index in [9.17, 15) is 8.78 Å². The third-order valence-corrected chi connectivity index (χ3v) is 3.20. The van der Waals surface area contributed by atoms with E-state index in [1.165, 1.54) is 24.3 Å². The topological polar surface area (TPSA) is 35.2 Å². The molecule has 0 saturated heterocycles. The van der Waals surface area contributed by atoms with Gasteiger partial charge in [0.15, 0.2) is 11.6 Å². The summed E-state index contributed by atoms with van der Waals surface area (Å²) in [5.41, 5.74) is 6.78. The van der Waals surface area contributed by atoms with Crippen molar-refractivity contribution in [2.24, 2.45) is 5.73 Å². The summed E-state index contributed by atoms with van der Waals surface area (Å²) in [5, 5.41) is 0.252. The normalized spacial score (nSPS) is 10.6. The van der Waals surface area contributed by atoms with Crippen molar-refractivity contribution in [2.75, 3.05) is 6.54 Å². The van der Waals surface area contributed by atoms with Crippen LogP contribution in [0.5, 0.6) is 5.75 Å². The fourth-order valence-electron chi connectivity index (χ4n) is 1.86. The Labute approximate surface area is 121 Å². The van der Waals surface area contributed by atoms with Gasteiger partial charge in [0.25, 0.3) is 0 Å². The highest BCUT2D eigenvalue weighted by Crippen LogP contribution is 2.25. The number of rotatable bonds is 5. The molecule has 2 N–H and O–H groups in total. The first-order valence-corrected chi connectivity index (χ1v) is 6.54. The number of benzene rings is 2. The molecule has 0 spiro atoms. The lowest BCUT2D eigenvalue weighted by atomic mass is 10.1. The molecule has 2 aromatic rings. The highest BCUT2D eigenvalue weighted by Gasteiger charge is 2.11. The molecule has 0 aliphatic carbocycles. The second-order valence-electron chi connectivity index (χ2n) is 4.29. The van der Waals surface area contributed by atoms with Crippen LogP contribution in [0.1, 0.15) is 11.1 Å². The van der Waals surface area contributed by atoms with Crippen LogP contribution in [0.15, 0.2) is 36.4 Å². The van der Waals surface area contributed by atoms with Gasteiger partial charge in [-0.25, -0.2) is 8.78 Å². The monoisotopic (exact) mass is 297 g/mol. The van der Waals surface area contributed by atoms with Gasteiger partial charge in [0.1, 0.15) is 12.4 Å². The molecule has 0 atom stereocenters. The van der Waals surface area contributed by atoms with Crippen molar-refractivity contribution in [1.29, 1.82) is 0 Å². The second-order valence-corrected chi connectivity index (χ2v) is 4.70. The molecule has 5 heteroatoms. The lowest BCUT2D eigenvalue weighted by Crippen LogP contribution is -2.07. The molecule has 2 rings (SSSR count). The van der Waals surface area contributed by atoms with Crippen LogP contribution in [-0.4, -0.2) is 6.54 Å². The maximum Gasteiger partial charge on any atom is 0.165 e. The van der Waals surface area contributed by atoms with Gasteiger partial charge in [-0.3, -0.25) is 0 Å². The van der Waals surface area contributed by atoms with E-state index in [2.05, 4.69) is 0 Å². The van der Waals surface area contributed by atoms with Crippen molar-refractivity contribution in [3.8, 4) is 5.75 Å². The SMILES string of the molecule is NCCc1cccc(F)c1OCc1ccc(F)cc1Cl. The first-order chi connectivity index (χ1) is 9.61. The van der Waals surface area contributed by atoms with Crippen LogP contribution in [-0.2, 0) is 13.0 Å². The minimum atomic E-state index is -0.450. The summed E-state index contributed by atoms with van der Waals surface area (Å²) < 4.78 is 32.2. The molecule has 0 aromatic heterocycles. The van der Waals surface area contributed by atoms with E-state index < -0.39 is 11.6 Å². The number of ether oxygens (including phenoxy) is 1. The molecule has 0 aliphatic heterocycles. The number of hydrogen-bond acceptors (Lipinski definition) is 2. The third kappa shape index (κ3) is 3.46. The molecule has 106 valence electrons. The molecule has 0 radical (unpaired) electrons. The van der Waals surface area contributed by atoms with Crippen molar-refractivity contribution in [2.45, 2.75) is 13.0 Å². The predicted molar refractivity (Wildman–Crippen MR) is 74.9 cm³/mol. The molecular formula is C15H14ClF2NO. The van der Waals surface area contributed by atoms with Crippen LogP contribution in [0, 0.1) is 11.6 Å². The number of hydrogen-bond donors (Lipinski definition) is 1. The fraction of sp³-hybridized carbons (Fsp3) is 0.200. The summed E-state index contributed by atoms with van der Waals surface area (Å²) in [4.78, 5) is 0. The highest BCUT2D eigenvalue weighted by atomic mass is 35.5. The summed E-state index contributed by atoms with van der Waals surface area (Å²) >= 11 is 5.90. The average Bonchev–Trinajstić information content (AvgIpc) is 2.40. The van der Waals surface area contributed by atoms with E-state index in [1.54, 1.807) is 12.1 Å². The first-order valence-electron chi connectivity index (χ1n) is 6.16. The molecular weight excluding hydrogens is 284 g/mol. The molecule has 0 saturated carbocycles. The fourth-order valence-corrected chi connectivity index (χ4v) is 2.08. The number of nitrogens with two attached hydrogens (primary N) is 1. The third-order valence-electron chi connectivity index (χ3n) is 2.85. The minimum Gasteiger partial charge on any atom is -0.485 e. The zero-order valence-electron chi connectivity index (χ0n) is 10.7. The van der Waals surface area contributed by atoms with Crippen molar-refractivity contribution >= 4 is 11.6 Å². The minimum absolute atomic E-state index is 0.0671. The Hall–Kier alpha value is -1.65. The smallest absolute Gasteiger partial charge is 0.165 e. The van der Waals surface area contributed by atoms with Crippen LogP contribution in [0.25, 0.3) is 0 Å². The Balaban J connectivity index is 2.18. The zero-order valence-corrected chi connectivity index (χ0v) is 11.5. The summed E-state index contributed by atoms with van der Waals surface area (Å²) in [7, 11) is 0. The van der Waals surface area contributed by atoms with Crippen LogP contribution in [0.4, 0.5) is 8.78 Å². The van der Waals surface area contributed by atoms with Crippen LogP contribution in [0.3, 0.4) is 0 Å². The molecule has 0 unspecified atom stereocenters. The molecule has 2 nitrogen and oxygen atoms in total. The van der Waals surface area contributed by atoms with Gasteiger partial charge in [-0.1, -0.05) is 29.8 Å². The molecule has 0 heterocycles. The predicted octanol–water partition coefficient (Wildman–Crippen LogP) is 3.70. The summed E-state index contributed by atoms with van der Waals surface area (Å²) in [5.74, 6) is -0.707. The molecule has 0 amide bonds. The van der Waals surface area contributed by atoms with Crippen LogP contribution in [0.2, 0.25) is 5.02 Å². The van der Waals surface area contributed by atoms with Crippen LogP contribution < -0.4 is 10.5 Å². The maximum atomic E-state index is 13.8. The summed E-state index contributed by atoms with van der Waals surface area (Å²) in [6.07, 6.45) is 0.518. The molecule has 2 aromatic carbocycles. The zero-order chi connectivity index (χ0) is 14.5. The quantitative estimate of drug-likeness (QED) is 0.913. The molecule has 20 heavy (non-hydrogen) atoms. The van der Waals surface area contributed by atoms with Gasteiger partial charge in [0.2, 0.25) is 0 Å². The van der Waals surface area contributed by atoms with Crippen molar-refractivity contribution in [3.05, 3.63) is 64.2 Å². The Bertz CT molecular complexity index is 604. The van der Waals surface area contributed by atoms with Crippen molar-refractivity contribution in [1.82, 2.24) is 0 Å². The largest absolute Gasteiger partial charge is 0.485 e. The van der Waals surface area contributed by atoms with Gasteiger partial charge in [-0.15, -0.1) is 0 Å². The Morgan fingerprint density at radius 3 is 2.60 bits per heavy atom. The molecule has 0 aliphatic rings. The van der Waals surface area contributed by atoms with E-state index in [4.69, 9.17) is 22.1 Å². The van der Waals surface area contributed by atoms with E-state index in [0.29, 0.717) is 24.1 Å². The Morgan fingerprint density at radius 2 is 1.90 bits per heavy atom. The number of halogens is 3. The maximum absolute atomic E-state index is 13.8. The van der Waals surface area contributed by atoms with Crippen molar-refractivity contribution < 1.29 is 13.5 Å². The second kappa shape index (κ2) is 6.68. The lowest BCUT2D eigenvalue weighted by molar-refractivity contribution is 0.287. The van der Waals surface area contributed by atoms with E-state index >= 15 is 0 Å². The average molecular weight is 298 g/mol. The Morgan fingerprint density at radius 1 is 1.10 bits per heavy atom. The van der Waals surface area contributed by atoms with E-state index in [0.717, 1.165) is 0 Å². The van der Waals surface area contributed by atoms with E-state index in [-0.39, 0.29) is 17.4 Å². The van der Waals surface area contributed by atoms with E-state index in [1.807, 2.05) is 0 Å². The van der Waals surface area contributed by atoms with Gasteiger partial charge >= 0.3 is 0 Å². The first kappa shape index (κ1) is 14.8. The molecule has 0 fully saturated rings. The van der Waals surface area contributed by atoms with Crippen molar-refractivity contribution in [3.63, 3.8) is 0 Å². The number of para-hydroxylation sites is 1. The lowest BCUT2D eigenvalue weighted by Gasteiger charge is -2.12. The highest BCUT2D eigenvalue weighted by molar-refractivity contribution is 6.31. The summed E-state index contributed by atoms with van der Waals surface area (Å²) in [6.45, 7) is 0.467. The Kier molecular flexibility index (Phi) is 4.93. The summed E-state index contributed by atoms with van der Waals surface area (Å²) in [6, 6.07) is 8.69. The van der Waals surface area contributed by atoms with Gasteiger partial charge in [0, 0.05) is 5.56 Å². The van der Waals surface area contributed by atoms with Gasteiger partial charge in [-0.05, 0) is 36.7 Å². The molecule has 0 bridgehead atoms.